The van der Waals surface area contributed by atoms with Crippen LogP contribution < -0.4 is 0 Å². The molecule has 0 aliphatic heterocycles. The highest BCUT2D eigenvalue weighted by atomic mass is 19.4. The van der Waals surface area contributed by atoms with Crippen molar-refractivity contribution in [1.82, 2.24) is 9.97 Å². The second kappa shape index (κ2) is 5.54. The van der Waals surface area contributed by atoms with Gasteiger partial charge in [0, 0.05) is 12.4 Å². The van der Waals surface area contributed by atoms with Crippen LogP contribution in [0, 0.1) is 11.3 Å². The molecular weight excluding hydrogens is 215 g/mol. The van der Waals surface area contributed by atoms with Gasteiger partial charge in [-0.15, -0.1) is 0 Å². The molecule has 1 heterocycles. The van der Waals surface area contributed by atoms with Crippen molar-refractivity contribution in [2.45, 2.75) is 6.18 Å². The highest BCUT2D eigenvalue weighted by molar-refractivity contribution is 5.73. The van der Waals surface area contributed by atoms with E-state index in [0.717, 1.165) is 0 Å². The van der Waals surface area contributed by atoms with Gasteiger partial charge in [-0.05, 0) is 0 Å². The zero-order valence-corrected chi connectivity index (χ0v) is 7.06. The van der Waals surface area contributed by atoms with Gasteiger partial charge in [0.1, 0.15) is 12.4 Å². The number of rotatable bonds is 0. The lowest BCUT2D eigenvalue weighted by Gasteiger charge is -1.93. The third-order valence-corrected chi connectivity index (χ3v) is 0.932. The third kappa shape index (κ3) is 5.98. The number of aliphatic carboxylic acids is 1. The van der Waals surface area contributed by atoms with Crippen molar-refractivity contribution in [3.8, 4) is 6.07 Å². The summed E-state index contributed by atoms with van der Waals surface area (Å²) >= 11 is 0. The molecule has 0 bridgehead atoms. The monoisotopic (exact) mass is 219 g/mol. The third-order valence-electron chi connectivity index (χ3n) is 0.932. The van der Waals surface area contributed by atoms with Gasteiger partial charge in [-0.2, -0.15) is 18.4 Å². The van der Waals surface area contributed by atoms with Crippen LogP contribution in [0.25, 0.3) is 0 Å². The molecule has 0 radical (unpaired) electrons. The summed E-state index contributed by atoms with van der Waals surface area (Å²) in [5, 5.41) is 15.3. The van der Waals surface area contributed by atoms with Gasteiger partial charge in [-0.1, -0.05) is 0 Å². The summed E-state index contributed by atoms with van der Waals surface area (Å²) in [4.78, 5) is 16.1. The molecule has 0 saturated carbocycles. The maximum Gasteiger partial charge on any atom is 0.490 e. The van der Waals surface area contributed by atoms with Crippen molar-refractivity contribution >= 4 is 5.97 Å². The van der Waals surface area contributed by atoms with E-state index >= 15 is 0 Å². The number of hydrogen-bond donors (Lipinski definition) is 1. The van der Waals surface area contributed by atoms with E-state index in [-0.39, 0.29) is 0 Å². The molecule has 0 saturated heterocycles. The van der Waals surface area contributed by atoms with E-state index in [0.29, 0.717) is 5.56 Å². The molecule has 5 nitrogen and oxygen atoms in total. The summed E-state index contributed by atoms with van der Waals surface area (Å²) in [7, 11) is 0. The van der Waals surface area contributed by atoms with Gasteiger partial charge in [0.05, 0.1) is 5.56 Å². The van der Waals surface area contributed by atoms with Gasteiger partial charge in [0.25, 0.3) is 0 Å². The summed E-state index contributed by atoms with van der Waals surface area (Å²) in [5.74, 6) is -2.76. The van der Waals surface area contributed by atoms with Gasteiger partial charge in [-0.25, -0.2) is 14.8 Å². The van der Waals surface area contributed by atoms with E-state index in [1.165, 1.54) is 18.7 Å². The van der Waals surface area contributed by atoms with Crippen LogP contribution in [0.3, 0.4) is 0 Å². The van der Waals surface area contributed by atoms with Crippen molar-refractivity contribution in [3.63, 3.8) is 0 Å². The van der Waals surface area contributed by atoms with E-state index in [2.05, 4.69) is 9.97 Å². The maximum absolute atomic E-state index is 10.6. The molecule has 1 aromatic heterocycles. The Balaban J connectivity index is 0.000000265. The number of aromatic nitrogens is 2. The van der Waals surface area contributed by atoms with Crippen LogP contribution in [-0.4, -0.2) is 27.2 Å². The van der Waals surface area contributed by atoms with Gasteiger partial charge < -0.3 is 5.11 Å². The molecule has 1 N–H and O–H groups in total. The van der Waals surface area contributed by atoms with Crippen LogP contribution >= 0.6 is 0 Å². The predicted octanol–water partition coefficient (Wildman–Crippen LogP) is 0.982. The number of nitriles is 1. The molecule has 15 heavy (non-hydrogen) atoms. The van der Waals surface area contributed by atoms with Crippen molar-refractivity contribution in [1.29, 1.82) is 5.26 Å². The van der Waals surface area contributed by atoms with E-state index in [1.54, 1.807) is 0 Å². The Morgan fingerprint density at radius 1 is 1.40 bits per heavy atom. The van der Waals surface area contributed by atoms with Crippen molar-refractivity contribution in [3.05, 3.63) is 24.3 Å². The molecule has 0 fully saturated rings. The number of hydrogen-bond acceptors (Lipinski definition) is 4. The maximum atomic E-state index is 10.6. The smallest absolute Gasteiger partial charge is 0.475 e. The molecule has 1 aromatic rings. The van der Waals surface area contributed by atoms with Crippen LogP contribution in [0.5, 0.6) is 0 Å². The van der Waals surface area contributed by atoms with Crippen LogP contribution in [0.1, 0.15) is 5.56 Å². The van der Waals surface area contributed by atoms with Crippen molar-refractivity contribution in [2.24, 2.45) is 0 Å². The molecule has 80 valence electrons. The summed E-state index contributed by atoms with van der Waals surface area (Å²) in [6.07, 6.45) is -0.763. The largest absolute Gasteiger partial charge is 0.490 e. The fourth-order valence-corrected chi connectivity index (χ4v) is 0.357. The second-order valence-electron chi connectivity index (χ2n) is 2.04. The minimum atomic E-state index is -5.08. The number of carboxylic acids is 1. The summed E-state index contributed by atoms with van der Waals surface area (Å²) in [5.41, 5.74) is 0.493. The Kier molecular flexibility index (Phi) is 4.74. The molecule has 0 atom stereocenters. The molecule has 0 aromatic carbocycles. The van der Waals surface area contributed by atoms with Crippen molar-refractivity contribution in [2.75, 3.05) is 0 Å². The first kappa shape index (κ1) is 12.8. The molecule has 0 spiro atoms. The molecule has 8 heteroatoms. The van der Waals surface area contributed by atoms with Crippen LogP contribution in [0.4, 0.5) is 13.2 Å². The zero-order chi connectivity index (χ0) is 11.9. The Hall–Kier alpha value is -2.17. The minimum Gasteiger partial charge on any atom is -0.475 e. The van der Waals surface area contributed by atoms with Crippen molar-refractivity contribution < 1.29 is 23.1 Å². The number of carbonyl (C=O) groups is 1. The summed E-state index contributed by atoms with van der Waals surface area (Å²) in [6.45, 7) is 0. The fourth-order valence-electron chi connectivity index (χ4n) is 0.357. The summed E-state index contributed by atoms with van der Waals surface area (Å²) < 4.78 is 31.7. The van der Waals surface area contributed by atoms with Gasteiger partial charge in [0.2, 0.25) is 0 Å². The van der Waals surface area contributed by atoms with E-state index in [9.17, 15) is 13.2 Å². The van der Waals surface area contributed by atoms with E-state index < -0.39 is 12.1 Å². The highest BCUT2D eigenvalue weighted by Gasteiger charge is 2.38. The van der Waals surface area contributed by atoms with Gasteiger partial charge >= 0.3 is 12.1 Å². The van der Waals surface area contributed by atoms with E-state index in [1.807, 2.05) is 6.07 Å². The topological polar surface area (TPSA) is 86.9 Å². The van der Waals surface area contributed by atoms with E-state index in [4.69, 9.17) is 15.2 Å². The lowest BCUT2D eigenvalue weighted by Crippen LogP contribution is -2.21. The Labute approximate surface area is 81.8 Å². The second-order valence-corrected chi connectivity index (χ2v) is 2.04. The first-order valence-electron chi connectivity index (χ1n) is 3.33. The lowest BCUT2D eigenvalue weighted by molar-refractivity contribution is -0.192. The molecule has 1 rings (SSSR count). The number of halogens is 3. The SMILES string of the molecule is N#Cc1cncnc1.O=C(O)C(F)(F)F. The lowest BCUT2D eigenvalue weighted by atomic mass is 10.4. The first-order valence-corrected chi connectivity index (χ1v) is 3.33. The van der Waals surface area contributed by atoms with Crippen LogP contribution in [0.2, 0.25) is 0 Å². The molecular formula is C7H4F3N3O2. The number of nitrogens with zero attached hydrogens (tertiary/aromatic N) is 3. The standard InChI is InChI=1S/C5H3N3.C2HF3O2/c6-1-5-2-7-4-8-3-5;3-2(4,5)1(6)7/h2-4H;(H,6,7). The average Bonchev–Trinajstić information content (AvgIpc) is 2.18. The normalized spacial score (nSPS) is 9.47. The first-order chi connectivity index (χ1) is 6.88. The highest BCUT2D eigenvalue weighted by Crippen LogP contribution is 2.13. The fraction of sp³-hybridized carbons (Fsp3) is 0.143. The Bertz CT molecular complexity index is 358. The Morgan fingerprint density at radius 3 is 2.00 bits per heavy atom. The Morgan fingerprint density at radius 2 is 1.80 bits per heavy atom. The molecule has 0 aliphatic rings. The molecule has 0 amide bonds. The quantitative estimate of drug-likeness (QED) is 0.702. The van der Waals surface area contributed by atoms with Crippen LogP contribution in [-0.2, 0) is 4.79 Å². The molecule has 0 aliphatic carbocycles. The van der Waals surface area contributed by atoms with Crippen LogP contribution in [0.15, 0.2) is 18.7 Å². The zero-order valence-electron chi connectivity index (χ0n) is 7.06. The minimum absolute atomic E-state index is 0.493. The average molecular weight is 219 g/mol. The number of alkyl halides is 3. The van der Waals surface area contributed by atoms with Gasteiger partial charge in [0.15, 0.2) is 0 Å². The molecule has 0 unspecified atom stereocenters. The number of carboxylic acid groups (broad SMARTS) is 1. The predicted molar refractivity (Wildman–Crippen MR) is 40.4 cm³/mol. The summed E-state index contributed by atoms with van der Waals surface area (Å²) in [6, 6.07) is 1.90. The van der Waals surface area contributed by atoms with Gasteiger partial charge in [-0.3, -0.25) is 0 Å².